The smallest absolute Gasteiger partial charge is 0.231 e. The molecule has 2 aromatic carbocycles. The van der Waals surface area contributed by atoms with Crippen LogP contribution in [0.3, 0.4) is 0 Å². The number of nitrogens with zero attached hydrogens (tertiary/aromatic N) is 4. The summed E-state index contributed by atoms with van der Waals surface area (Å²) in [4.78, 5) is 4.76. The number of aromatic nitrogens is 3. The normalized spacial score (nSPS) is 15.2. The highest BCUT2D eigenvalue weighted by molar-refractivity contribution is 5.62. The van der Waals surface area contributed by atoms with Gasteiger partial charge in [0.2, 0.25) is 6.79 Å². The van der Waals surface area contributed by atoms with Crippen molar-refractivity contribution in [3.63, 3.8) is 0 Å². The van der Waals surface area contributed by atoms with Crippen LogP contribution in [0.5, 0.6) is 11.5 Å². The molecule has 3 aromatic rings. The largest absolute Gasteiger partial charge is 0.454 e. The van der Waals surface area contributed by atoms with Gasteiger partial charge in [0.25, 0.3) is 0 Å². The molecule has 2 heterocycles. The average Bonchev–Trinajstić information content (AvgIpc) is 3.23. The van der Waals surface area contributed by atoms with Gasteiger partial charge in [-0.1, -0.05) is 12.1 Å². The highest BCUT2D eigenvalue weighted by Gasteiger charge is 2.30. The van der Waals surface area contributed by atoms with Crippen LogP contribution in [0, 0.1) is 11.3 Å². The monoisotopic (exact) mass is 330 g/mol. The summed E-state index contributed by atoms with van der Waals surface area (Å²) < 4.78 is 12.7. The van der Waals surface area contributed by atoms with E-state index in [1.807, 2.05) is 41.1 Å². The van der Waals surface area contributed by atoms with E-state index in [1.165, 1.54) is 0 Å². The van der Waals surface area contributed by atoms with E-state index in [-0.39, 0.29) is 6.79 Å². The first-order chi connectivity index (χ1) is 12.3. The first kappa shape index (κ1) is 14.1. The van der Waals surface area contributed by atoms with Crippen molar-refractivity contribution in [3.8, 4) is 34.6 Å². The summed E-state index contributed by atoms with van der Waals surface area (Å²) >= 11 is 0. The highest BCUT2D eigenvalue weighted by Crippen LogP contribution is 2.40. The molecule has 1 aliphatic heterocycles. The molecule has 0 radical (unpaired) electrons. The predicted molar refractivity (Wildman–Crippen MR) is 89.6 cm³/mol. The van der Waals surface area contributed by atoms with Crippen molar-refractivity contribution in [3.05, 3.63) is 53.9 Å². The minimum atomic E-state index is 0.237. The molecular formula is C19H14N4O2. The maximum Gasteiger partial charge on any atom is 0.231 e. The molecule has 25 heavy (non-hydrogen) atoms. The number of nitriles is 1. The van der Waals surface area contributed by atoms with Crippen molar-refractivity contribution >= 4 is 0 Å². The van der Waals surface area contributed by atoms with E-state index in [0.717, 1.165) is 41.5 Å². The van der Waals surface area contributed by atoms with Crippen molar-refractivity contribution in [2.45, 2.75) is 18.8 Å². The van der Waals surface area contributed by atoms with E-state index < -0.39 is 0 Å². The summed E-state index contributed by atoms with van der Waals surface area (Å²) in [5, 5.41) is 13.9. The molecule has 0 N–H and O–H groups in total. The fourth-order valence-electron chi connectivity index (χ4n) is 2.95. The fraction of sp³-hybridized carbons (Fsp3) is 0.211. The van der Waals surface area contributed by atoms with Crippen LogP contribution in [0.15, 0.2) is 42.5 Å². The quantitative estimate of drug-likeness (QED) is 0.736. The Morgan fingerprint density at radius 1 is 1.08 bits per heavy atom. The molecule has 2 aliphatic rings. The van der Waals surface area contributed by atoms with Gasteiger partial charge >= 0.3 is 0 Å². The van der Waals surface area contributed by atoms with Crippen LogP contribution in [0.2, 0.25) is 0 Å². The minimum Gasteiger partial charge on any atom is -0.454 e. The minimum absolute atomic E-state index is 0.237. The van der Waals surface area contributed by atoms with Crippen LogP contribution in [-0.4, -0.2) is 21.6 Å². The zero-order chi connectivity index (χ0) is 16.8. The second-order valence-corrected chi connectivity index (χ2v) is 6.21. The molecular weight excluding hydrogens is 316 g/mol. The lowest BCUT2D eigenvalue weighted by molar-refractivity contribution is 0.174. The van der Waals surface area contributed by atoms with Crippen LogP contribution in [-0.2, 0) is 0 Å². The molecule has 0 spiro atoms. The third-order valence-corrected chi connectivity index (χ3v) is 4.42. The van der Waals surface area contributed by atoms with Crippen molar-refractivity contribution < 1.29 is 9.47 Å². The molecule has 6 nitrogen and oxygen atoms in total. The number of fused-ring (bicyclic) bond motifs is 1. The fourth-order valence-corrected chi connectivity index (χ4v) is 2.95. The number of hydrogen-bond acceptors (Lipinski definition) is 5. The molecule has 0 bridgehead atoms. The van der Waals surface area contributed by atoms with Gasteiger partial charge < -0.3 is 9.47 Å². The van der Waals surface area contributed by atoms with Gasteiger partial charge in [-0.25, -0.2) is 9.67 Å². The lowest BCUT2D eigenvalue weighted by Gasteiger charge is -2.07. The van der Waals surface area contributed by atoms with E-state index >= 15 is 0 Å². The first-order valence-electron chi connectivity index (χ1n) is 8.19. The van der Waals surface area contributed by atoms with Gasteiger partial charge in [-0.15, -0.1) is 0 Å². The second kappa shape index (κ2) is 5.35. The SMILES string of the molecule is N#Cc1cccc(-c2nc(C3CC3)nn2-c2ccc3c(c2)OCO3)c1. The summed E-state index contributed by atoms with van der Waals surface area (Å²) in [5.41, 5.74) is 2.34. The van der Waals surface area contributed by atoms with E-state index in [9.17, 15) is 5.26 Å². The number of hydrogen-bond donors (Lipinski definition) is 0. The molecule has 5 rings (SSSR count). The van der Waals surface area contributed by atoms with E-state index in [2.05, 4.69) is 6.07 Å². The van der Waals surface area contributed by atoms with Gasteiger partial charge in [0.05, 0.1) is 17.3 Å². The summed E-state index contributed by atoms with van der Waals surface area (Å²) in [6.45, 7) is 0.237. The van der Waals surface area contributed by atoms with Gasteiger partial charge in [-0.2, -0.15) is 10.4 Å². The molecule has 1 aromatic heterocycles. The van der Waals surface area contributed by atoms with Crippen molar-refractivity contribution in [1.29, 1.82) is 5.26 Å². The third kappa shape index (κ3) is 2.41. The van der Waals surface area contributed by atoms with Gasteiger partial charge in [0, 0.05) is 17.5 Å². The molecule has 0 amide bonds. The maximum atomic E-state index is 9.18. The molecule has 122 valence electrons. The molecule has 1 aliphatic carbocycles. The molecule has 1 saturated carbocycles. The zero-order valence-electron chi connectivity index (χ0n) is 13.3. The Morgan fingerprint density at radius 3 is 2.80 bits per heavy atom. The van der Waals surface area contributed by atoms with Gasteiger partial charge in [0.1, 0.15) is 0 Å². The summed E-state index contributed by atoms with van der Waals surface area (Å²) in [5.74, 6) is 3.47. The molecule has 0 saturated heterocycles. The highest BCUT2D eigenvalue weighted by atomic mass is 16.7. The number of ether oxygens (including phenoxy) is 2. The topological polar surface area (TPSA) is 73.0 Å². The molecule has 1 fully saturated rings. The predicted octanol–water partition coefficient (Wildman–Crippen LogP) is 3.41. The van der Waals surface area contributed by atoms with Gasteiger partial charge in [0.15, 0.2) is 23.1 Å². The lowest BCUT2D eigenvalue weighted by atomic mass is 10.1. The van der Waals surface area contributed by atoms with Crippen molar-refractivity contribution in [1.82, 2.24) is 14.8 Å². The molecule has 0 atom stereocenters. The summed E-state index contributed by atoms with van der Waals surface area (Å²) in [6.07, 6.45) is 2.26. The Hall–Kier alpha value is -3.33. The van der Waals surface area contributed by atoms with E-state index in [4.69, 9.17) is 19.6 Å². The standard InChI is InChI=1S/C19H14N4O2/c20-10-12-2-1-3-14(8-12)19-21-18(13-4-5-13)22-23(19)15-6-7-16-17(9-15)25-11-24-16/h1-3,6-9,13H,4-5,11H2. The first-order valence-corrected chi connectivity index (χ1v) is 8.19. The third-order valence-electron chi connectivity index (χ3n) is 4.42. The number of benzene rings is 2. The summed E-state index contributed by atoms with van der Waals surface area (Å²) in [6, 6.07) is 15.3. The van der Waals surface area contributed by atoms with Crippen LogP contribution in [0.25, 0.3) is 17.1 Å². The molecule has 6 heteroatoms. The van der Waals surface area contributed by atoms with Crippen molar-refractivity contribution in [2.75, 3.05) is 6.79 Å². The van der Waals surface area contributed by atoms with Gasteiger partial charge in [-0.3, -0.25) is 0 Å². The Balaban J connectivity index is 1.66. The van der Waals surface area contributed by atoms with Gasteiger partial charge in [-0.05, 0) is 37.1 Å². The Kier molecular flexibility index (Phi) is 3.01. The average molecular weight is 330 g/mol. The van der Waals surface area contributed by atoms with E-state index in [1.54, 1.807) is 6.07 Å². The Morgan fingerprint density at radius 2 is 1.96 bits per heavy atom. The van der Waals surface area contributed by atoms with Crippen molar-refractivity contribution in [2.24, 2.45) is 0 Å². The zero-order valence-corrected chi connectivity index (χ0v) is 13.3. The van der Waals surface area contributed by atoms with Crippen LogP contribution < -0.4 is 9.47 Å². The maximum absolute atomic E-state index is 9.18. The van der Waals surface area contributed by atoms with Crippen LogP contribution in [0.4, 0.5) is 0 Å². The number of rotatable bonds is 3. The Bertz CT molecular complexity index is 1010. The lowest BCUT2D eigenvalue weighted by Crippen LogP contribution is -2.00. The van der Waals surface area contributed by atoms with Crippen LogP contribution in [0.1, 0.15) is 30.1 Å². The second-order valence-electron chi connectivity index (χ2n) is 6.21. The molecule has 0 unspecified atom stereocenters. The Labute approximate surface area is 144 Å². The van der Waals surface area contributed by atoms with Crippen LogP contribution >= 0.6 is 0 Å². The van der Waals surface area contributed by atoms with E-state index in [0.29, 0.717) is 17.2 Å². The summed E-state index contributed by atoms with van der Waals surface area (Å²) in [7, 11) is 0.